The van der Waals surface area contributed by atoms with E-state index in [0.29, 0.717) is 7.92 Å². The van der Waals surface area contributed by atoms with E-state index in [-0.39, 0.29) is 83.1 Å². The number of carboxylic acid groups (broad SMARTS) is 3. The van der Waals surface area contributed by atoms with Crippen LogP contribution in [0.4, 0.5) is 0 Å². The van der Waals surface area contributed by atoms with Crippen LogP contribution in [0.3, 0.4) is 0 Å². The van der Waals surface area contributed by atoms with Gasteiger partial charge in [0.25, 0.3) is 5.97 Å². The van der Waals surface area contributed by atoms with Crippen LogP contribution in [-0.2, 0) is 14.4 Å². The molecule has 6 nitrogen and oxygen atoms in total. The molecule has 0 aromatic heterocycles. The molecular formula is C50H101KLiO6P. The summed E-state index contributed by atoms with van der Waals surface area (Å²) in [5, 5.41) is 27.9. The fraction of sp³-hybridized carbons (Fsp3) is 0.940. The Morgan fingerprint density at radius 3 is 0.661 bits per heavy atom. The van der Waals surface area contributed by atoms with Crippen molar-refractivity contribution in [3.63, 3.8) is 0 Å². The van der Waals surface area contributed by atoms with Crippen molar-refractivity contribution in [2.75, 3.05) is 18.5 Å². The van der Waals surface area contributed by atoms with Crippen molar-refractivity contribution >= 4 is 25.8 Å². The van der Waals surface area contributed by atoms with E-state index in [2.05, 4.69) is 34.6 Å². The maximum absolute atomic E-state index is 10.2. The van der Waals surface area contributed by atoms with Gasteiger partial charge in [-0.05, 0) is 63.4 Å². The first-order chi connectivity index (χ1) is 27.6. The van der Waals surface area contributed by atoms with Crippen LogP contribution >= 0.6 is 7.92 Å². The normalized spacial score (nSPS) is 10.2. The summed E-state index contributed by atoms with van der Waals surface area (Å²) in [6.45, 7) is 12.6. The second kappa shape index (κ2) is 68.1. The quantitative estimate of drug-likeness (QED) is 0.0373. The molecule has 0 aromatic rings. The van der Waals surface area contributed by atoms with E-state index < -0.39 is 17.9 Å². The summed E-state index contributed by atoms with van der Waals surface area (Å²) in [6.07, 6.45) is 52.9. The third-order valence-corrected chi connectivity index (χ3v) is 13.3. The van der Waals surface area contributed by atoms with Gasteiger partial charge >= 0.3 is 70.2 Å². The van der Waals surface area contributed by atoms with Crippen molar-refractivity contribution in [3.05, 3.63) is 0 Å². The molecule has 0 spiro atoms. The molecule has 0 fully saturated rings. The summed E-state index contributed by atoms with van der Waals surface area (Å²) in [5.74, 6) is -2.64. The number of rotatable bonds is 41. The molecule has 0 aromatic carbocycles. The first-order valence-electron chi connectivity index (χ1n) is 24.9. The molecule has 59 heavy (non-hydrogen) atoms. The summed E-state index contributed by atoms with van der Waals surface area (Å²) in [6, 6.07) is 0. The smallest absolute Gasteiger partial charge is 0.550 e. The van der Waals surface area contributed by atoms with Crippen molar-refractivity contribution in [3.8, 4) is 0 Å². The summed E-state index contributed by atoms with van der Waals surface area (Å²) in [7, 11) is 0.422. The third-order valence-electron chi connectivity index (χ3n) is 10.5. The van der Waals surface area contributed by atoms with Gasteiger partial charge < -0.3 is 24.9 Å². The van der Waals surface area contributed by atoms with E-state index in [0.717, 1.165) is 32.6 Å². The van der Waals surface area contributed by atoms with Crippen molar-refractivity contribution < 1.29 is 99.9 Å². The van der Waals surface area contributed by atoms with Gasteiger partial charge in [0, 0.05) is 18.9 Å². The Kier molecular flexibility index (Phi) is 82.8. The van der Waals surface area contributed by atoms with Crippen LogP contribution in [0.1, 0.15) is 286 Å². The maximum Gasteiger partial charge on any atom is 1.00 e. The van der Waals surface area contributed by atoms with Crippen LogP contribution < -0.4 is 80.5 Å². The van der Waals surface area contributed by atoms with Gasteiger partial charge in [-0.1, -0.05) is 234 Å². The number of hydrogen-bond donors (Lipinski definition) is 1. The van der Waals surface area contributed by atoms with Crippen LogP contribution in [-0.4, -0.2) is 41.5 Å². The summed E-state index contributed by atoms with van der Waals surface area (Å²) < 4.78 is 0. The maximum atomic E-state index is 10.2. The van der Waals surface area contributed by atoms with Gasteiger partial charge in [-0.2, -0.15) is 0 Å². The van der Waals surface area contributed by atoms with Crippen molar-refractivity contribution in [2.45, 2.75) is 286 Å². The summed E-state index contributed by atoms with van der Waals surface area (Å²) in [4.78, 5) is 29.4. The largest absolute Gasteiger partial charge is 1.00 e. The van der Waals surface area contributed by atoms with Gasteiger partial charge in [0.1, 0.15) is 0 Å². The molecule has 0 unspecified atom stereocenters. The predicted molar refractivity (Wildman–Crippen MR) is 249 cm³/mol. The first-order valence-corrected chi connectivity index (χ1v) is 26.8. The van der Waals surface area contributed by atoms with Crippen LogP contribution in [0.2, 0.25) is 0 Å². The van der Waals surface area contributed by atoms with Crippen LogP contribution in [0.15, 0.2) is 0 Å². The number of carboxylic acids is 3. The third kappa shape index (κ3) is 86.8. The van der Waals surface area contributed by atoms with Crippen LogP contribution in [0.25, 0.3) is 0 Å². The molecule has 0 radical (unpaired) electrons. The Hall–Kier alpha value is 1.07. The Balaban J connectivity index is -0.000000171. The van der Waals surface area contributed by atoms with Gasteiger partial charge in [-0.25, -0.2) is 0 Å². The van der Waals surface area contributed by atoms with Crippen LogP contribution in [0, 0.1) is 0 Å². The van der Waals surface area contributed by atoms with Gasteiger partial charge in [0.15, 0.2) is 0 Å². The fourth-order valence-corrected chi connectivity index (χ4v) is 9.72. The molecule has 0 saturated heterocycles. The molecular weight excluding hydrogens is 774 g/mol. The zero-order valence-electron chi connectivity index (χ0n) is 41.4. The Labute approximate surface area is 425 Å². The van der Waals surface area contributed by atoms with Gasteiger partial charge in [-0.15, -0.1) is 7.92 Å². The molecule has 0 aliphatic carbocycles. The molecule has 0 aliphatic heterocycles. The van der Waals surface area contributed by atoms with E-state index in [9.17, 15) is 19.8 Å². The molecule has 0 aliphatic rings. The minimum absolute atomic E-state index is 0. The van der Waals surface area contributed by atoms with Crippen molar-refractivity contribution in [1.82, 2.24) is 0 Å². The van der Waals surface area contributed by atoms with E-state index >= 15 is 0 Å². The molecule has 0 heterocycles. The summed E-state index contributed by atoms with van der Waals surface area (Å²) >= 11 is 0. The second-order valence-electron chi connectivity index (χ2n) is 16.6. The number of carbonyl (C=O) groups excluding carboxylic acids is 2. The number of unbranched alkanes of at least 4 members (excludes halogenated alkanes) is 31. The van der Waals surface area contributed by atoms with Crippen molar-refractivity contribution in [2.24, 2.45) is 0 Å². The predicted octanol–water partition coefficient (Wildman–Crippen LogP) is 8.96. The van der Waals surface area contributed by atoms with Gasteiger partial charge in [0.05, 0.1) is 0 Å². The molecule has 9 heteroatoms. The first kappa shape index (κ1) is 71.7. The van der Waals surface area contributed by atoms with Gasteiger partial charge in [-0.3, -0.25) is 4.79 Å². The molecule has 1 N–H and O–H groups in total. The monoisotopic (exact) mass is 875 g/mol. The Morgan fingerprint density at radius 1 is 0.356 bits per heavy atom. The average molecular weight is 875 g/mol. The SMILES string of the molecule is CC(=O)O.CCCCCCCCCCCCCCCCCC(=O)[O-].CCCCCCCCCCCCCCCCCC(=O)[O-].CCCCP(CCCC)CCCC.[K+].[Li+]. The molecule has 0 saturated carbocycles. The van der Waals surface area contributed by atoms with E-state index in [1.54, 1.807) is 18.5 Å². The molecule has 0 bridgehead atoms. The molecule has 0 amide bonds. The molecule has 0 atom stereocenters. The molecule has 344 valence electrons. The minimum atomic E-state index is -0.903. The van der Waals surface area contributed by atoms with Gasteiger partial charge in [0.2, 0.25) is 0 Å². The van der Waals surface area contributed by atoms with E-state index in [4.69, 9.17) is 9.90 Å². The van der Waals surface area contributed by atoms with E-state index in [1.165, 1.54) is 205 Å². The number of aliphatic carboxylic acids is 3. The minimum Gasteiger partial charge on any atom is -0.550 e. The van der Waals surface area contributed by atoms with E-state index in [1.807, 2.05) is 0 Å². The Morgan fingerprint density at radius 2 is 0.508 bits per heavy atom. The Bertz CT molecular complexity index is 709. The summed E-state index contributed by atoms with van der Waals surface area (Å²) in [5.41, 5.74) is 0. The molecule has 0 rings (SSSR count). The standard InChI is InChI=1S/2C18H36O2.C12H27P.C2H4O2.K.Li/c2*1-2-3-4-5-6-7-8-9-10-11-12-13-14-15-16-17-18(19)20;1-4-7-10-13(11-8-5-2)12-9-6-3;1-2(3)4;;/h2*2-17H2,1H3,(H,19,20);4-12H2,1-3H3;1H3,(H,3,4);;/q;;;;2*+1/p-2. The number of carbonyl (C=O) groups is 3. The van der Waals surface area contributed by atoms with Crippen molar-refractivity contribution in [1.29, 1.82) is 0 Å². The zero-order valence-corrected chi connectivity index (χ0v) is 45.4. The zero-order chi connectivity index (χ0) is 43.3. The number of hydrogen-bond acceptors (Lipinski definition) is 5. The topological polar surface area (TPSA) is 118 Å². The fourth-order valence-electron chi connectivity index (χ4n) is 6.76. The average Bonchev–Trinajstić information content (AvgIpc) is 3.17. The second-order valence-corrected chi connectivity index (χ2v) is 19.2. The van der Waals surface area contributed by atoms with Crippen LogP contribution in [0.5, 0.6) is 0 Å².